The fourth-order valence-electron chi connectivity index (χ4n) is 3.19. The molecule has 1 fully saturated rings. The Labute approximate surface area is 138 Å². The lowest BCUT2D eigenvalue weighted by molar-refractivity contribution is 0.208. The molecule has 1 atom stereocenters. The quantitative estimate of drug-likeness (QED) is 0.837. The van der Waals surface area contributed by atoms with Crippen molar-refractivity contribution in [3.8, 4) is 0 Å². The van der Waals surface area contributed by atoms with Crippen molar-refractivity contribution in [3.05, 3.63) is 71.8 Å². The summed E-state index contributed by atoms with van der Waals surface area (Å²) in [6.45, 7) is 2.42. The average Bonchev–Trinajstić information content (AvgIpc) is 3.10. The number of nitrogens with zero attached hydrogens (tertiary/aromatic N) is 1. The highest BCUT2D eigenvalue weighted by Crippen LogP contribution is 2.26. The Hall–Kier alpha value is -2.29. The zero-order valence-corrected chi connectivity index (χ0v) is 13.4. The first-order valence-corrected chi connectivity index (χ1v) is 8.44. The Bertz CT molecular complexity index is 612. The first-order valence-electron chi connectivity index (χ1n) is 8.44. The van der Waals surface area contributed by atoms with Crippen LogP contribution in [0.5, 0.6) is 0 Å². The molecule has 0 aliphatic carbocycles. The molecule has 1 N–H and O–H groups in total. The Morgan fingerprint density at radius 1 is 1.04 bits per heavy atom. The van der Waals surface area contributed by atoms with E-state index in [0.29, 0.717) is 5.92 Å². The number of hydrogen-bond donors (Lipinski definition) is 1. The van der Waals surface area contributed by atoms with E-state index >= 15 is 0 Å². The number of carbonyl (C=O) groups is 1. The van der Waals surface area contributed by atoms with Crippen LogP contribution in [-0.2, 0) is 6.42 Å². The van der Waals surface area contributed by atoms with Crippen LogP contribution in [0, 0.1) is 0 Å². The molecule has 0 radical (unpaired) electrons. The number of carbonyl (C=O) groups excluding carboxylic acids is 1. The second kappa shape index (κ2) is 7.82. The first-order chi connectivity index (χ1) is 11.3. The molecule has 1 aliphatic heterocycles. The lowest BCUT2D eigenvalue weighted by Crippen LogP contribution is -2.38. The minimum absolute atomic E-state index is 0.0801. The van der Waals surface area contributed by atoms with Crippen LogP contribution in [0.3, 0.4) is 0 Å². The molecule has 3 heteroatoms. The molecule has 0 aromatic heterocycles. The number of urea groups is 1. The second-order valence-electron chi connectivity index (χ2n) is 6.16. The molecule has 1 saturated heterocycles. The predicted molar refractivity (Wildman–Crippen MR) is 93.5 cm³/mol. The predicted octanol–water partition coefficient (Wildman–Crippen LogP) is 3.82. The summed E-state index contributed by atoms with van der Waals surface area (Å²) in [6, 6.07) is 21.0. The molecule has 2 aromatic carbocycles. The molecule has 2 aromatic rings. The molecule has 0 spiro atoms. The van der Waals surface area contributed by atoms with E-state index in [-0.39, 0.29) is 6.03 Å². The topological polar surface area (TPSA) is 32.3 Å². The van der Waals surface area contributed by atoms with Crippen molar-refractivity contribution in [2.24, 2.45) is 0 Å². The molecule has 2 amide bonds. The molecule has 1 aliphatic rings. The van der Waals surface area contributed by atoms with Crippen molar-refractivity contribution in [1.29, 1.82) is 0 Å². The highest BCUT2D eigenvalue weighted by molar-refractivity contribution is 5.74. The molecular formula is C20H24N2O. The van der Waals surface area contributed by atoms with Crippen LogP contribution >= 0.6 is 0 Å². The molecule has 3 nitrogen and oxygen atoms in total. The third-order valence-corrected chi connectivity index (χ3v) is 4.51. The summed E-state index contributed by atoms with van der Waals surface area (Å²) < 4.78 is 0. The number of aryl methyl sites for hydroxylation is 1. The lowest BCUT2D eigenvalue weighted by atomic mass is 9.99. The third kappa shape index (κ3) is 4.35. The summed E-state index contributed by atoms with van der Waals surface area (Å²) in [4.78, 5) is 14.2. The SMILES string of the molecule is O=C(NCCCc1ccccc1)N1CCC(c2ccccc2)C1. The van der Waals surface area contributed by atoms with Gasteiger partial charge in [0.2, 0.25) is 0 Å². The Balaban J connectivity index is 1.39. The van der Waals surface area contributed by atoms with Gasteiger partial charge < -0.3 is 10.2 Å². The summed E-state index contributed by atoms with van der Waals surface area (Å²) in [5, 5.41) is 3.05. The van der Waals surface area contributed by atoms with Gasteiger partial charge in [-0.2, -0.15) is 0 Å². The minimum atomic E-state index is 0.0801. The molecule has 0 saturated carbocycles. The summed E-state index contributed by atoms with van der Waals surface area (Å²) >= 11 is 0. The number of hydrogen-bond acceptors (Lipinski definition) is 1. The van der Waals surface area contributed by atoms with Crippen LogP contribution in [-0.4, -0.2) is 30.6 Å². The zero-order valence-electron chi connectivity index (χ0n) is 13.4. The highest BCUT2D eigenvalue weighted by atomic mass is 16.2. The van der Waals surface area contributed by atoms with Crippen LogP contribution < -0.4 is 5.32 Å². The molecule has 120 valence electrons. The second-order valence-corrected chi connectivity index (χ2v) is 6.16. The van der Waals surface area contributed by atoms with Crippen LogP contribution in [0.4, 0.5) is 4.79 Å². The van der Waals surface area contributed by atoms with Crippen molar-refractivity contribution >= 4 is 6.03 Å². The number of benzene rings is 2. The van der Waals surface area contributed by atoms with Crippen molar-refractivity contribution in [2.75, 3.05) is 19.6 Å². The van der Waals surface area contributed by atoms with Gasteiger partial charge in [0.15, 0.2) is 0 Å². The van der Waals surface area contributed by atoms with Gasteiger partial charge in [-0.15, -0.1) is 0 Å². The van der Waals surface area contributed by atoms with Gasteiger partial charge >= 0.3 is 6.03 Å². The van der Waals surface area contributed by atoms with Gasteiger partial charge in [-0.3, -0.25) is 0 Å². The number of rotatable bonds is 5. The highest BCUT2D eigenvalue weighted by Gasteiger charge is 2.26. The van der Waals surface area contributed by atoms with Gasteiger partial charge in [0.05, 0.1) is 0 Å². The van der Waals surface area contributed by atoms with Gasteiger partial charge in [0, 0.05) is 25.6 Å². The van der Waals surface area contributed by atoms with Crippen LogP contribution in [0.15, 0.2) is 60.7 Å². The molecule has 0 bridgehead atoms. The van der Waals surface area contributed by atoms with Crippen molar-refractivity contribution in [1.82, 2.24) is 10.2 Å². The summed E-state index contributed by atoms with van der Waals surface area (Å²) in [7, 11) is 0. The lowest BCUT2D eigenvalue weighted by Gasteiger charge is -2.17. The number of amides is 2. The van der Waals surface area contributed by atoms with E-state index in [1.54, 1.807) is 0 Å². The molecule has 1 unspecified atom stereocenters. The summed E-state index contributed by atoms with van der Waals surface area (Å²) in [5.74, 6) is 0.478. The zero-order chi connectivity index (χ0) is 15.9. The van der Waals surface area contributed by atoms with Crippen LogP contribution in [0.25, 0.3) is 0 Å². The van der Waals surface area contributed by atoms with E-state index in [1.807, 2.05) is 17.0 Å². The largest absolute Gasteiger partial charge is 0.338 e. The molecule has 1 heterocycles. The minimum Gasteiger partial charge on any atom is -0.338 e. The van der Waals surface area contributed by atoms with Gasteiger partial charge in [-0.25, -0.2) is 4.79 Å². The normalized spacial score (nSPS) is 17.2. The van der Waals surface area contributed by atoms with E-state index < -0.39 is 0 Å². The molecular weight excluding hydrogens is 284 g/mol. The standard InChI is InChI=1S/C20H24N2O/c23-20(21-14-7-10-17-8-3-1-4-9-17)22-15-13-19(16-22)18-11-5-2-6-12-18/h1-6,8-9,11-12,19H,7,10,13-16H2,(H,21,23). The van der Waals surface area contributed by atoms with E-state index in [4.69, 9.17) is 0 Å². The van der Waals surface area contributed by atoms with E-state index in [2.05, 4.69) is 53.8 Å². The maximum atomic E-state index is 12.2. The fraction of sp³-hybridized carbons (Fsp3) is 0.350. The number of likely N-dealkylation sites (tertiary alicyclic amines) is 1. The van der Waals surface area contributed by atoms with E-state index in [1.165, 1.54) is 11.1 Å². The fourth-order valence-corrected chi connectivity index (χ4v) is 3.19. The number of nitrogens with one attached hydrogen (secondary N) is 1. The van der Waals surface area contributed by atoms with Gasteiger partial charge in [-0.05, 0) is 30.4 Å². The third-order valence-electron chi connectivity index (χ3n) is 4.51. The van der Waals surface area contributed by atoms with Gasteiger partial charge in [0.25, 0.3) is 0 Å². The smallest absolute Gasteiger partial charge is 0.317 e. The first kappa shape index (κ1) is 15.6. The van der Waals surface area contributed by atoms with Crippen LogP contribution in [0.1, 0.15) is 29.9 Å². The maximum Gasteiger partial charge on any atom is 0.317 e. The van der Waals surface area contributed by atoms with E-state index in [9.17, 15) is 4.79 Å². The van der Waals surface area contributed by atoms with Crippen molar-refractivity contribution in [3.63, 3.8) is 0 Å². The van der Waals surface area contributed by atoms with Crippen LogP contribution in [0.2, 0.25) is 0 Å². The molecule has 3 rings (SSSR count). The van der Waals surface area contributed by atoms with Crippen molar-refractivity contribution in [2.45, 2.75) is 25.2 Å². The Kier molecular flexibility index (Phi) is 5.30. The van der Waals surface area contributed by atoms with Gasteiger partial charge in [-0.1, -0.05) is 60.7 Å². The van der Waals surface area contributed by atoms with Gasteiger partial charge in [0.1, 0.15) is 0 Å². The van der Waals surface area contributed by atoms with E-state index in [0.717, 1.165) is 38.9 Å². The monoisotopic (exact) mass is 308 g/mol. The summed E-state index contributed by atoms with van der Waals surface area (Å²) in [6.07, 6.45) is 3.04. The average molecular weight is 308 g/mol. The Morgan fingerprint density at radius 3 is 2.48 bits per heavy atom. The van der Waals surface area contributed by atoms with Crippen molar-refractivity contribution < 1.29 is 4.79 Å². The maximum absolute atomic E-state index is 12.2. The summed E-state index contributed by atoms with van der Waals surface area (Å²) in [5.41, 5.74) is 2.67. The Morgan fingerprint density at radius 2 is 1.74 bits per heavy atom. The molecule has 23 heavy (non-hydrogen) atoms.